The highest BCUT2D eigenvalue weighted by atomic mass is 35.5. The van der Waals surface area contributed by atoms with Crippen LogP contribution in [0.25, 0.3) is 10.9 Å². The van der Waals surface area contributed by atoms with E-state index >= 15 is 0 Å². The van der Waals surface area contributed by atoms with E-state index in [9.17, 15) is 9.59 Å². The van der Waals surface area contributed by atoms with Crippen molar-refractivity contribution in [3.63, 3.8) is 0 Å². The number of ether oxygens (including phenoxy) is 2. The van der Waals surface area contributed by atoms with Gasteiger partial charge in [0.1, 0.15) is 5.75 Å². The number of morpholine rings is 1. The molecule has 1 aromatic heterocycles. The number of carbonyl (C=O) groups excluding carboxylic acids is 1. The van der Waals surface area contributed by atoms with Crippen LogP contribution < -0.4 is 15.5 Å². The second-order valence-electron chi connectivity index (χ2n) is 11.1. The van der Waals surface area contributed by atoms with Gasteiger partial charge in [0, 0.05) is 44.3 Å². The number of hydrogen-bond acceptors (Lipinski definition) is 7. The molecule has 2 N–H and O–H groups in total. The third-order valence-corrected chi connectivity index (χ3v) is 8.01. The van der Waals surface area contributed by atoms with Gasteiger partial charge in [-0.25, -0.2) is 0 Å². The SMILES string of the molecule is COc1ccc(CCC(C)Nc2cc(CN3CCOCC3)cc3c(=O)c(C(=O)N(C)Cc4ccc(Cl)cc4)n[nH]c23)cc1. The summed E-state index contributed by atoms with van der Waals surface area (Å²) < 4.78 is 10.8. The molecule has 1 aliphatic heterocycles. The molecule has 5 rings (SSSR count). The van der Waals surface area contributed by atoms with E-state index in [0.717, 1.165) is 48.5 Å². The minimum absolute atomic E-state index is 0.110. The van der Waals surface area contributed by atoms with Gasteiger partial charge in [-0.1, -0.05) is 35.9 Å². The Hall–Kier alpha value is -3.92. The van der Waals surface area contributed by atoms with Crippen molar-refractivity contribution >= 4 is 34.1 Å². The maximum absolute atomic E-state index is 13.8. The topological polar surface area (TPSA) is 99.8 Å². The quantitative estimate of drug-likeness (QED) is 0.245. The molecule has 226 valence electrons. The number of hydrogen-bond donors (Lipinski definition) is 2. The second kappa shape index (κ2) is 14.0. The van der Waals surface area contributed by atoms with Crippen LogP contribution in [-0.2, 0) is 24.2 Å². The van der Waals surface area contributed by atoms with Gasteiger partial charge >= 0.3 is 0 Å². The summed E-state index contributed by atoms with van der Waals surface area (Å²) in [7, 11) is 3.32. The van der Waals surface area contributed by atoms with Crippen LogP contribution in [0.3, 0.4) is 0 Å². The van der Waals surface area contributed by atoms with Crippen LogP contribution in [0.5, 0.6) is 5.75 Å². The van der Waals surface area contributed by atoms with Crippen LogP contribution in [0.4, 0.5) is 5.69 Å². The first kappa shape index (κ1) is 30.5. The zero-order chi connectivity index (χ0) is 30.3. The Morgan fingerprint density at radius 1 is 1.09 bits per heavy atom. The Bertz CT molecular complexity index is 1600. The summed E-state index contributed by atoms with van der Waals surface area (Å²) in [6, 6.07) is 19.4. The van der Waals surface area contributed by atoms with Gasteiger partial charge in [-0.15, -0.1) is 0 Å². The maximum Gasteiger partial charge on any atom is 0.278 e. The molecule has 1 aliphatic rings. The lowest BCUT2D eigenvalue weighted by molar-refractivity contribution is 0.0342. The van der Waals surface area contributed by atoms with Crippen molar-refractivity contribution in [1.82, 2.24) is 20.0 Å². The highest BCUT2D eigenvalue weighted by Gasteiger charge is 2.22. The molecule has 3 aromatic carbocycles. The van der Waals surface area contributed by atoms with Gasteiger partial charge in [0.15, 0.2) is 5.69 Å². The molecule has 9 nitrogen and oxygen atoms in total. The van der Waals surface area contributed by atoms with Gasteiger partial charge in [0.2, 0.25) is 5.43 Å². The Kier molecular flexibility index (Phi) is 9.97. The third-order valence-electron chi connectivity index (χ3n) is 7.76. The molecule has 1 atom stereocenters. The Labute approximate surface area is 256 Å². The van der Waals surface area contributed by atoms with Crippen LogP contribution in [0.15, 0.2) is 65.5 Å². The Morgan fingerprint density at radius 2 is 1.79 bits per heavy atom. The second-order valence-corrected chi connectivity index (χ2v) is 11.5. The molecular formula is C33H38ClN5O4. The molecular weight excluding hydrogens is 566 g/mol. The van der Waals surface area contributed by atoms with Crippen molar-refractivity contribution in [3.05, 3.63) is 98.3 Å². The number of amides is 1. The summed E-state index contributed by atoms with van der Waals surface area (Å²) in [5.74, 6) is 0.392. The largest absolute Gasteiger partial charge is 0.497 e. The molecule has 0 bridgehead atoms. The summed E-state index contributed by atoms with van der Waals surface area (Å²) in [6.07, 6.45) is 1.77. The fourth-order valence-electron chi connectivity index (χ4n) is 5.29. The summed E-state index contributed by atoms with van der Waals surface area (Å²) in [4.78, 5) is 31.0. The van der Waals surface area contributed by atoms with E-state index in [0.29, 0.717) is 42.2 Å². The number of benzene rings is 3. The van der Waals surface area contributed by atoms with E-state index < -0.39 is 5.91 Å². The minimum atomic E-state index is -0.445. The van der Waals surface area contributed by atoms with Gasteiger partial charge in [-0.2, -0.15) is 5.10 Å². The monoisotopic (exact) mass is 603 g/mol. The number of anilines is 1. The summed E-state index contributed by atoms with van der Waals surface area (Å²) in [6.45, 7) is 6.14. The molecule has 2 heterocycles. The number of methoxy groups -OCH3 is 1. The fraction of sp³-hybridized carbons (Fsp3) is 0.364. The Morgan fingerprint density at radius 3 is 2.49 bits per heavy atom. The van der Waals surface area contributed by atoms with Crippen LogP contribution in [0.2, 0.25) is 5.02 Å². The van der Waals surface area contributed by atoms with Crippen LogP contribution in [0.1, 0.15) is 40.5 Å². The van der Waals surface area contributed by atoms with Crippen molar-refractivity contribution in [1.29, 1.82) is 0 Å². The Balaban J connectivity index is 1.40. The number of aromatic nitrogens is 2. The molecule has 0 spiro atoms. The smallest absolute Gasteiger partial charge is 0.278 e. The molecule has 1 saturated heterocycles. The van der Waals surface area contributed by atoms with E-state index in [4.69, 9.17) is 21.1 Å². The number of nitrogens with zero attached hydrogens (tertiary/aromatic N) is 3. The molecule has 1 amide bonds. The molecule has 0 aliphatic carbocycles. The first-order valence-electron chi connectivity index (χ1n) is 14.6. The number of aromatic amines is 1. The van der Waals surface area contributed by atoms with Crippen molar-refractivity contribution in [3.8, 4) is 5.75 Å². The molecule has 43 heavy (non-hydrogen) atoms. The molecule has 1 fully saturated rings. The third kappa shape index (κ3) is 7.73. The lowest BCUT2D eigenvalue weighted by Gasteiger charge is -2.27. The lowest BCUT2D eigenvalue weighted by Crippen LogP contribution is -2.35. The molecule has 1 unspecified atom stereocenters. The number of H-pyrrole nitrogens is 1. The van der Waals surface area contributed by atoms with Gasteiger partial charge in [-0.3, -0.25) is 19.6 Å². The number of aryl methyl sites for hydroxylation is 1. The molecule has 0 radical (unpaired) electrons. The highest BCUT2D eigenvalue weighted by Crippen LogP contribution is 2.25. The highest BCUT2D eigenvalue weighted by molar-refractivity contribution is 6.30. The van der Waals surface area contributed by atoms with Crippen molar-refractivity contribution in [2.75, 3.05) is 45.8 Å². The standard InChI is InChI=1S/C33H38ClN5O4/c1-22(4-5-23-8-12-27(42-3)13-9-23)35-29-19-25(21-39-14-16-43-17-15-39)18-28-30(29)36-37-31(32(28)40)33(41)38(2)20-24-6-10-26(34)11-7-24/h6-13,18-19,22,35H,4-5,14-17,20-21H2,1-3H3,(H,36,40). The predicted molar refractivity (Wildman–Crippen MR) is 170 cm³/mol. The van der Waals surface area contributed by atoms with E-state index in [1.165, 1.54) is 10.5 Å². The maximum atomic E-state index is 13.8. The van der Waals surface area contributed by atoms with Crippen molar-refractivity contribution in [2.24, 2.45) is 0 Å². The lowest BCUT2D eigenvalue weighted by atomic mass is 10.0. The van der Waals surface area contributed by atoms with Crippen molar-refractivity contribution in [2.45, 2.75) is 38.9 Å². The number of fused-ring (bicyclic) bond motifs is 1. The van der Waals surface area contributed by atoms with Crippen LogP contribution in [-0.4, -0.2) is 72.4 Å². The van der Waals surface area contributed by atoms with E-state index in [-0.39, 0.29) is 17.2 Å². The van der Waals surface area contributed by atoms with Crippen LogP contribution in [0, 0.1) is 0 Å². The van der Waals surface area contributed by atoms with Crippen LogP contribution >= 0.6 is 11.6 Å². The number of carbonyl (C=O) groups is 1. The zero-order valence-electron chi connectivity index (χ0n) is 24.9. The molecule has 0 saturated carbocycles. The average Bonchev–Trinajstić information content (AvgIpc) is 3.02. The first-order valence-corrected chi connectivity index (χ1v) is 14.9. The number of rotatable bonds is 11. The normalized spacial score (nSPS) is 14.4. The van der Waals surface area contributed by atoms with E-state index in [2.05, 4.69) is 45.5 Å². The summed E-state index contributed by atoms with van der Waals surface area (Å²) >= 11 is 6.00. The van der Waals surface area contributed by atoms with Crippen molar-refractivity contribution < 1.29 is 14.3 Å². The predicted octanol–water partition coefficient (Wildman–Crippen LogP) is 5.12. The zero-order valence-corrected chi connectivity index (χ0v) is 25.6. The van der Waals surface area contributed by atoms with E-state index in [1.54, 1.807) is 26.3 Å². The summed E-state index contributed by atoms with van der Waals surface area (Å²) in [5.41, 5.74) is 3.97. The van der Waals surface area contributed by atoms with Gasteiger partial charge in [-0.05, 0) is 72.9 Å². The number of halogens is 1. The average molecular weight is 604 g/mol. The minimum Gasteiger partial charge on any atom is -0.497 e. The molecule has 4 aromatic rings. The van der Waals surface area contributed by atoms with Gasteiger partial charge in [0.05, 0.1) is 36.9 Å². The van der Waals surface area contributed by atoms with E-state index in [1.807, 2.05) is 30.3 Å². The first-order chi connectivity index (χ1) is 20.8. The number of nitrogens with one attached hydrogen (secondary N) is 2. The molecule has 10 heteroatoms. The van der Waals surface area contributed by atoms with Gasteiger partial charge < -0.3 is 19.7 Å². The van der Waals surface area contributed by atoms with Gasteiger partial charge in [0.25, 0.3) is 5.91 Å². The fourth-order valence-corrected chi connectivity index (χ4v) is 5.41. The summed E-state index contributed by atoms with van der Waals surface area (Å²) in [5, 5.41) is 12.0.